The zero-order valence-corrected chi connectivity index (χ0v) is 27.8. The standard InChI is InChI=1S/C38H32N2O2S3/c1-38(2,3)42-37(41)25(21-39)20-27-12-13-31(43-27)32-16-17-34(45-32)33-15-14-30(44-33)22-8-10-26(11-9-22)40-29-7-5-4-6-28(29)35-23-18-24(19-23)36(35)40/h4-17,20,23-24,35-36H,18-19H2,1-3H3/b25-20+. The summed E-state index contributed by atoms with van der Waals surface area (Å²) in [6.07, 6.45) is 4.40. The highest BCUT2D eigenvalue weighted by Crippen LogP contribution is 2.65. The summed E-state index contributed by atoms with van der Waals surface area (Å²) >= 11 is 5.15. The summed E-state index contributed by atoms with van der Waals surface area (Å²) in [5.41, 5.74) is 4.88. The van der Waals surface area contributed by atoms with E-state index in [9.17, 15) is 10.1 Å². The third-order valence-corrected chi connectivity index (χ3v) is 12.8. The van der Waals surface area contributed by atoms with Crippen LogP contribution in [0.25, 0.3) is 36.0 Å². The third-order valence-electron chi connectivity index (χ3n) is 9.20. The topological polar surface area (TPSA) is 53.3 Å². The maximum Gasteiger partial charge on any atom is 0.349 e. The Morgan fingerprint density at radius 2 is 1.44 bits per heavy atom. The second-order valence-corrected chi connectivity index (χ2v) is 16.5. The summed E-state index contributed by atoms with van der Waals surface area (Å²) in [7, 11) is 0. The zero-order valence-electron chi connectivity index (χ0n) is 25.3. The summed E-state index contributed by atoms with van der Waals surface area (Å²) in [6.45, 7) is 5.39. The van der Waals surface area contributed by atoms with Crippen LogP contribution in [0.2, 0.25) is 0 Å². The van der Waals surface area contributed by atoms with Gasteiger partial charge in [-0.15, -0.1) is 34.0 Å². The van der Waals surface area contributed by atoms with Crippen LogP contribution < -0.4 is 4.90 Å². The number of anilines is 2. The summed E-state index contributed by atoms with van der Waals surface area (Å²) in [5.74, 6) is 1.80. The van der Waals surface area contributed by atoms with Crippen molar-refractivity contribution in [3.8, 4) is 36.0 Å². The van der Waals surface area contributed by atoms with Crippen molar-refractivity contribution in [2.75, 3.05) is 4.90 Å². The monoisotopic (exact) mass is 644 g/mol. The molecule has 2 atom stereocenters. The van der Waals surface area contributed by atoms with Crippen LogP contribution in [0, 0.1) is 23.2 Å². The Labute approximate surface area is 275 Å². The molecule has 3 fully saturated rings. The Balaban J connectivity index is 0.990. The van der Waals surface area contributed by atoms with Gasteiger partial charge in [-0.1, -0.05) is 30.3 Å². The van der Waals surface area contributed by atoms with Crippen molar-refractivity contribution in [2.24, 2.45) is 11.8 Å². The number of ether oxygens (including phenoxy) is 1. The highest BCUT2D eigenvalue weighted by atomic mass is 32.1. The number of rotatable bonds is 6. The van der Waals surface area contributed by atoms with Crippen LogP contribution in [0.3, 0.4) is 0 Å². The van der Waals surface area contributed by atoms with Crippen molar-refractivity contribution >= 4 is 57.4 Å². The van der Waals surface area contributed by atoms with Gasteiger partial charge in [-0.3, -0.25) is 0 Å². The second kappa shape index (κ2) is 10.8. The molecule has 9 rings (SSSR count). The van der Waals surface area contributed by atoms with E-state index in [1.165, 1.54) is 49.3 Å². The van der Waals surface area contributed by atoms with Gasteiger partial charge in [0.2, 0.25) is 0 Å². The number of hydrogen-bond donors (Lipinski definition) is 0. The summed E-state index contributed by atoms with van der Waals surface area (Å²) in [5, 5.41) is 9.52. The molecular weight excluding hydrogens is 613 g/mol. The van der Waals surface area contributed by atoms with E-state index in [1.54, 1.807) is 55.1 Å². The predicted octanol–water partition coefficient (Wildman–Crippen LogP) is 10.8. The fourth-order valence-electron chi connectivity index (χ4n) is 7.31. The number of thiophene rings is 3. The van der Waals surface area contributed by atoms with Crippen molar-refractivity contribution in [3.63, 3.8) is 0 Å². The van der Waals surface area contributed by atoms with E-state index in [0.717, 1.165) is 21.6 Å². The lowest BCUT2D eigenvalue weighted by atomic mass is 9.80. The first-order valence-corrected chi connectivity index (χ1v) is 17.8. The van der Waals surface area contributed by atoms with Gasteiger partial charge in [-0.2, -0.15) is 5.26 Å². The van der Waals surface area contributed by atoms with Gasteiger partial charge in [0.1, 0.15) is 17.2 Å². The van der Waals surface area contributed by atoms with Gasteiger partial charge in [0.05, 0.1) is 0 Å². The number of para-hydroxylation sites is 1. The van der Waals surface area contributed by atoms with Crippen molar-refractivity contribution in [3.05, 3.63) is 101 Å². The molecule has 0 saturated heterocycles. The van der Waals surface area contributed by atoms with Crippen LogP contribution in [-0.4, -0.2) is 17.6 Å². The minimum atomic E-state index is -0.647. The number of esters is 1. The summed E-state index contributed by atoms with van der Waals surface area (Å²) < 4.78 is 5.38. The maximum absolute atomic E-state index is 12.4. The fourth-order valence-corrected chi connectivity index (χ4v) is 10.5. The van der Waals surface area contributed by atoms with Crippen LogP contribution in [0.15, 0.2) is 90.5 Å². The molecule has 0 spiro atoms. The number of nitrogens with zero attached hydrogens (tertiary/aromatic N) is 2. The van der Waals surface area contributed by atoms with Gasteiger partial charge in [0, 0.05) is 52.6 Å². The normalized spacial score (nSPS) is 21.6. The SMILES string of the molecule is CC(C)(C)OC(=O)/C(C#N)=C/c1ccc(-c2ccc(-c3ccc(-c4ccc(N5c6ccccc6C6C7CC(C7)C65)cc4)s3)s2)s1. The van der Waals surface area contributed by atoms with Gasteiger partial charge in [-0.05, 0) is 117 Å². The van der Waals surface area contributed by atoms with E-state index >= 15 is 0 Å². The van der Waals surface area contributed by atoms with Gasteiger partial charge in [0.15, 0.2) is 0 Å². The Kier molecular flexibility index (Phi) is 6.87. The Morgan fingerprint density at radius 1 is 0.822 bits per heavy atom. The lowest BCUT2D eigenvalue weighted by Crippen LogP contribution is -2.31. The number of nitriles is 1. The molecule has 224 valence electrons. The third kappa shape index (κ3) is 5.06. The molecular formula is C38H32N2O2S3. The van der Waals surface area contributed by atoms with Crippen molar-refractivity contribution in [1.82, 2.24) is 0 Å². The molecule has 45 heavy (non-hydrogen) atoms. The number of carbonyl (C=O) groups excluding carboxylic acids is 1. The summed E-state index contributed by atoms with van der Waals surface area (Å²) in [4.78, 5) is 21.9. The first-order chi connectivity index (χ1) is 21.8. The van der Waals surface area contributed by atoms with E-state index in [-0.39, 0.29) is 5.57 Å². The molecule has 3 saturated carbocycles. The largest absolute Gasteiger partial charge is 0.456 e. The molecule has 0 radical (unpaired) electrons. The lowest BCUT2D eigenvalue weighted by Gasteiger charge is -2.33. The lowest BCUT2D eigenvalue weighted by molar-refractivity contribution is -0.149. The smallest absolute Gasteiger partial charge is 0.349 e. The Hall–Kier alpha value is -3.96. The van der Waals surface area contributed by atoms with E-state index in [0.29, 0.717) is 12.0 Å². The number of benzene rings is 2. The van der Waals surface area contributed by atoms with Crippen LogP contribution >= 0.6 is 34.0 Å². The van der Waals surface area contributed by atoms with Gasteiger partial charge < -0.3 is 9.64 Å². The molecule has 7 heteroatoms. The Bertz CT molecular complexity index is 1990. The van der Waals surface area contributed by atoms with E-state index in [4.69, 9.17) is 4.74 Å². The van der Waals surface area contributed by atoms with Crippen molar-refractivity contribution in [1.29, 1.82) is 5.26 Å². The molecule has 3 aromatic heterocycles. The average molecular weight is 645 g/mol. The molecule has 3 aliphatic carbocycles. The van der Waals surface area contributed by atoms with E-state index < -0.39 is 11.6 Å². The molecule has 0 amide bonds. The predicted molar refractivity (Wildman–Crippen MR) is 187 cm³/mol. The van der Waals surface area contributed by atoms with E-state index in [2.05, 4.69) is 77.7 Å². The molecule has 2 bridgehead atoms. The van der Waals surface area contributed by atoms with Gasteiger partial charge >= 0.3 is 5.97 Å². The number of hydrogen-bond acceptors (Lipinski definition) is 7. The van der Waals surface area contributed by atoms with Crippen LogP contribution in [-0.2, 0) is 9.53 Å². The molecule has 4 heterocycles. The fraction of sp³-hybridized carbons (Fsp3) is 0.263. The molecule has 2 aromatic carbocycles. The molecule has 4 aliphatic rings. The molecule has 2 unspecified atom stereocenters. The summed E-state index contributed by atoms with van der Waals surface area (Å²) in [6, 6.07) is 33.7. The first-order valence-electron chi connectivity index (χ1n) is 15.4. The highest BCUT2D eigenvalue weighted by Gasteiger charge is 2.59. The van der Waals surface area contributed by atoms with Gasteiger partial charge in [-0.25, -0.2) is 4.79 Å². The van der Waals surface area contributed by atoms with Gasteiger partial charge in [0.25, 0.3) is 0 Å². The quantitative estimate of drug-likeness (QED) is 0.105. The second-order valence-electron chi connectivity index (χ2n) is 13.2. The molecule has 0 N–H and O–H groups in total. The zero-order chi connectivity index (χ0) is 30.9. The number of carbonyl (C=O) groups is 1. The minimum absolute atomic E-state index is 0.00821. The van der Waals surface area contributed by atoms with Crippen molar-refractivity contribution < 1.29 is 9.53 Å². The minimum Gasteiger partial charge on any atom is -0.456 e. The molecule has 4 nitrogen and oxygen atoms in total. The first kappa shape index (κ1) is 28.5. The van der Waals surface area contributed by atoms with Crippen LogP contribution in [0.1, 0.15) is 50.0 Å². The molecule has 1 aliphatic heterocycles. The van der Waals surface area contributed by atoms with Crippen LogP contribution in [0.4, 0.5) is 11.4 Å². The van der Waals surface area contributed by atoms with Crippen molar-refractivity contribution in [2.45, 2.75) is 51.2 Å². The highest BCUT2D eigenvalue weighted by molar-refractivity contribution is 7.27. The van der Waals surface area contributed by atoms with E-state index in [1.807, 2.05) is 29.5 Å². The molecule has 5 aromatic rings. The average Bonchev–Trinajstić information content (AvgIpc) is 3.83. The Morgan fingerprint density at radius 3 is 2.13 bits per heavy atom. The number of fused-ring (bicyclic) bond motifs is 1. The van der Waals surface area contributed by atoms with Crippen LogP contribution in [0.5, 0.6) is 0 Å². The maximum atomic E-state index is 12.4.